The Hall–Kier alpha value is -1.36. The highest BCUT2D eigenvalue weighted by Gasteiger charge is 2.59. The lowest BCUT2D eigenvalue weighted by Crippen LogP contribution is -2.41. The number of nitrogens with zero attached hydrogens (tertiary/aromatic N) is 3. The van der Waals surface area contributed by atoms with Gasteiger partial charge in [-0.05, 0) is 36.7 Å². The smallest absolute Gasteiger partial charge is 0.224 e. The highest BCUT2D eigenvalue weighted by atomic mass is 16.3. The lowest BCUT2D eigenvalue weighted by molar-refractivity contribution is 0.0965. The predicted octanol–water partition coefficient (Wildman–Crippen LogP) is 0.724. The summed E-state index contributed by atoms with van der Waals surface area (Å²) in [6, 6.07) is 2.24. The number of fused-ring (bicyclic) bond motifs is 1. The third-order valence-corrected chi connectivity index (χ3v) is 5.01. The number of aliphatic hydroxyl groups is 1. The molecule has 0 spiro atoms. The van der Waals surface area contributed by atoms with Gasteiger partial charge in [-0.3, -0.25) is 0 Å². The number of rotatable bonds is 2. The molecule has 2 saturated carbocycles. The number of nitrogens with one attached hydrogen (secondary N) is 1. The standard InChI is InChI=1S/C13H18N4O/c1-14-13-15-3-2-10(16-13)17-6-8-4-7-5-9(8)11(17)12(7)18/h2-3,7-9,11-12,18H,4-6H2,1H3,(H,14,15,16). The summed E-state index contributed by atoms with van der Waals surface area (Å²) in [5.74, 6) is 3.57. The first-order valence-corrected chi connectivity index (χ1v) is 6.73. The molecule has 2 heterocycles. The van der Waals surface area contributed by atoms with Crippen LogP contribution in [0.25, 0.3) is 0 Å². The molecule has 3 aliphatic rings. The van der Waals surface area contributed by atoms with Crippen LogP contribution >= 0.6 is 0 Å². The van der Waals surface area contributed by atoms with Gasteiger partial charge < -0.3 is 15.3 Å². The van der Waals surface area contributed by atoms with Crippen LogP contribution in [0.5, 0.6) is 0 Å². The second kappa shape index (κ2) is 3.57. The summed E-state index contributed by atoms with van der Waals surface area (Å²) in [5, 5.41) is 13.3. The summed E-state index contributed by atoms with van der Waals surface area (Å²) in [4.78, 5) is 11.0. The van der Waals surface area contributed by atoms with Crippen molar-refractivity contribution in [2.24, 2.45) is 17.8 Å². The molecule has 0 aromatic carbocycles. The fourth-order valence-electron chi connectivity index (χ4n) is 4.31. The molecule has 5 heteroatoms. The number of hydrogen-bond acceptors (Lipinski definition) is 5. The van der Waals surface area contributed by atoms with Gasteiger partial charge in [0.05, 0.1) is 12.1 Å². The fourth-order valence-corrected chi connectivity index (χ4v) is 4.31. The van der Waals surface area contributed by atoms with E-state index in [9.17, 15) is 5.11 Å². The van der Waals surface area contributed by atoms with Gasteiger partial charge in [-0.25, -0.2) is 4.98 Å². The fraction of sp³-hybridized carbons (Fsp3) is 0.692. The Balaban J connectivity index is 1.69. The van der Waals surface area contributed by atoms with Gasteiger partial charge in [0.25, 0.3) is 0 Å². The third-order valence-electron chi connectivity index (χ3n) is 5.01. The molecule has 18 heavy (non-hydrogen) atoms. The molecule has 1 aromatic heterocycles. The third kappa shape index (κ3) is 1.25. The highest BCUT2D eigenvalue weighted by molar-refractivity contribution is 5.47. The zero-order chi connectivity index (χ0) is 12.3. The summed E-state index contributed by atoms with van der Waals surface area (Å²) in [6.45, 7) is 1.04. The van der Waals surface area contributed by atoms with Gasteiger partial charge in [-0.2, -0.15) is 4.98 Å². The molecule has 4 rings (SSSR count). The van der Waals surface area contributed by atoms with Gasteiger partial charge in [0.1, 0.15) is 5.82 Å². The highest BCUT2D eigenvalue weighted by Crippen LogP contribution is 2.55. The molecule has 5 nitrogen and oxygen atoms in total. The SMILES string of the molecule is CNc1nccc(N2CC3CC4CC3C2C4O)n1. The summed E-state index contributed by atoms with van der Waals surface area (Å²) in [6.07, 6.45) is 4.02. The molecule has 2 N–H and O–H groups in total. The monoisotopic (exact) mass is 246 g/mol. The maximum atomic E-state index is 10.4. The predicted molar refractivity (Wildman–Crippen MR) is 68.4 cm³/mol. The van der Waals surface area contributed by atoms with Gasteiger partial charge in [0.15, 0.2) is 0 Å². The Labute approximate surface area is 106 Å². The molecule has 3 fully saturated rings. The second-order valence-corrected chi connectivity index (χ2v) is 5.78. The Morgan fingerprint density at radius 1 is 1.39 bits per heavy atom. The maximum Gasteiger partial charge on any atom is 0.224 e. The number of hydrogen-bond donors (Lipinski definition) is 2. The Bertz CT molecular complexity index is 478. The van der Waals surface area contributed by atoms with Gasteiger partial charge in [-0.15, -0.1) is 0 Å². The van der Waals surface area contributed by atoms with Crippen molar-refractivity contribution in [3.63, 3.8) is 0 Å². The van der Waals surface area contributed by atoms with E-state index in [0.717, 1.165) is 18.3 Å². The van der Waals surface area contributed by atoms with E-state index in [2.05, 4.69) is 20.2 Å². The zero-order valence-corrected chi connectivity index (χ0v) is 10.5. The van der Waals surface area contributed by atoms with Gasteiger partial charge in [-0.1, -0.05) is 0 Å². The summed E-state index contributed by atoms with van der Waals surface area (Å²) in [5.41, 5.74) is 0. The van der Waals surface area contributed by atoms with Gasteiger partial charge in [0.2, 0.25) is 5.95 Å². The molecular weight excluding hydrogens is 228 g/mol. The molecule has 0 amide bonds. The van der Waals surface area contributed by atoms with Crippen LogP contribution in [0, 0.1) is 17.8 Å². The molecule has 5 atom stereocenters. The van der Waals surface area contributed by atoms with Crippen molar-refractivity contribution in [1.29, 1.82) is 0 Å². The van der Waals surface area contributed by atoms with E-state index in [1.807, 2.05) is 13.1 Å². The van der Waals surface area contributed by atoms with Crippen LogP contribution in [0.4, 0.5) is 11.8 Å². The summed E-state index contributed by atoms with van der Waals surface area (Å²) < 4.78 is 0. The van der Waals surface area contributed by atoms with E-state index in [4.69, 9.17) is 0 Å². The van der Waals surface area contributed by atoms with Crippen molar-refractivity contribution in [2.45, 2.75) is 25.0 Å². The average molecular weight is 246 g/mol. The van der Waals surface area contributed by atoms with Crippen LogP contribution in [-0.2, 0) is 0 Å². The topological polar surface area (TPSA) is 61.3 Å². The van der Waals surface area contributed by atoms with E-state index in [1.165, 1.54) is 12.8 Å². The van der Waals surface area contributed by atoms with Crippen LogP contribution in [0.1, 0.15) is 12.8 Å². The van der Waals surface area contributed by atoms with Crippen molar-refractivity contribution < 1.29 is 5.11 Å². The first-order valence-electron chi connectivity index (χ1n) is 6.73. The van der Waals surface area contributed by atoms with Gasteiger partial charge in [0, 0.05) is 19.8 Å². The molecule has 96 valence electrons. The Morgan fingerprint density at radius 3 is 3.06 bits per heavy atom. The van der Waals surface area contributed by atoms with Crippen LogP contribution in [0.15, 0.2) is 12.3 Å². The van der Waals surface area contributed by atoms with Crippen molar-refractivity contribution in [2.75, 3.05) is 23.8 Å². The van der Waals surface area contributed by atoms with Crippen molar-refractivity contribution in [3.05, 3.63) is 12.3 Å². The Kier molecular flexibility index (Phi) is 2.09. The molecule has 2 bridgehead atoms. The lowest BCUT2D eigenvalue weighted by Gasteiger charge is -2.29. The van der Waals surface area contributed by atoms with Crippen molar-refractivity contribution >= 4 is 11.8 Å². The van der Waals surface area contributed by atoms with Crippen LogP contribution < -0.4 is 10.2 Å². The minimum atomic E-state index is -0.165. The summed E-state index contributed by atoms with van der Waals surface area (Å²) >= 11 is 0. The lowest BCUT2D eigenvalue weighted by atomic mass is 9.88. The first-order chi connectivity index (χ1) is 8.78. The molecule has 1 aliphatic heterocycles. The van der Waals surface area contributed by atoms with Crippen molar-refractivity contribution in [1.82, 2.24) is 9.97 Å². The first kappa shape index (κ1) is 10.6. The average Bonchev–Trinajstić information content (AvgIpc) is 3.00. The van der Waals surface area contributed by atoms with E-state index < -0.39 is 0 Å². The normalized spacial score (nSPS) is 40.6. The van der Waals surface area contributed by atoms with Crippen LogP contribution in [0.3, 0.4) is 0 Å². The maximum absolute atomic E-state index is 10.4. The quantitative estimate of drug-likeness (QED) is 0.805. The summed E-state index contributed by atoms with van der Waals surface area (Å²) in [7, 11) is 1.83. The van der Waals surface area contributed by atoms with Gasteiger partial charge >= 0.3 is 0 Å². The number of anilines is 2. The molecule has 0 radical (unpaired) electrons. The zero-order valence-electron chi connectivity index (χ0n) is 10.5. The minimum Gasteiger partial charge on any atom is -0.391 e. The largest absolute Gasteiger partial charge is 0.391 e. The number of aromatic nitrogens is 2. The van der Waals surface area contributed by atoms with E-state index in [0.29, 0.717) is 17.8 Å². The van der Waals surface area contributed by atoms with Crippen LogP contribution in [0.2, 0.25) is 0 Å². The van der Waals surface area contributed by atoms with E-state index in [1.54, 1.807) is 6.20 Å². The van der Waals surface area contributed by atoms with E-state index in [-0.39, 0.29) is 12.1 Å². The Morgan fingerprint density at radius 2 is 2.28 bits per heavy atom. The van der Waals surface area contributed by atoms with Crippen LogP contribution in [-0.4, -0.2) is 40.8 Å². The molecule has 5 unspecified atom stereocenters. The molecule has 2 aliphatic carbocycles. The molecular formula is C13H18N4O. The van der Waals surface area contributed by atoms with E-state index >= 15 is 0 Å². The molecule has 1 aromatic rings. The van der Waals surface area contributed by atoms with Crippen molar-refractivity contribution in [3.8, 4) is 0 Å². The molecule has 1 saturated heterocycles. The number of aliphatic hydroxyl groups excluding tert-OH is 1. The minimum absolute atomic E-state index is 0.165. The second-order valence-electron chi connectivity index (χ2n) is 5.78.